The summed E-state index contributed by atoms with van der Waals surface area (Å²) >= 11 is 12.0. The smallest absolute Gasteiger partial charge is 0.322 e. The number of esters is 1. The summed E-state index contributed by atoms with van der Waals surface area (Å²) < 4.78 is 4.69. The number of rotatable bonds is 5. The number of carbonyl (C=O) groups is 1. The Morgan fingerprint density at radius 1 is 1.44 bits per heavy atom. The number of hydrogen-bond donors (Lipinski definition) is 1. The lowest BCUT2D eigenvalue weighted by Gasteiger charge is -2.22. The van der Waals surface area contributed by atoms with Crippen molar-refractivity contribution in [1.29, 1.82) is 0 Å². The van der Waals surface area contributed by atoms with Crippen LogP contribution in [-0.4, -0.2) is 19.1 Å². The van der Waals surface area contributed by atoms with E-state index < -0.39 is 0 Å². The van der Waals surface area contributed by atoms with E-state index in [4.69, 9.17) is 23.2 Å². The van der Waals surface area contributed by atoms with Gasteiger partial charge >= 0.3 is 5.97 Å². The minimum Gasteiger partial charge on any atom is -0.468 e. The molecule has 0 aliphatic carbocycles. The molecule has 0 spiro atoms. The zero-order valence-electron chi connectivity index (χ0n) is 10.7. The Morgan fingerprint density at radius 2 is 2.11 bits per heavy atom. The van der Waals surface area contributed by atoms with E-state index in [9.17, 15) is 4.79 Å². The minimum absolute atomic E-state index is 0.0103. The lowest BCUT2D eigenvalue weighted by atomic mass is 10.0. The van der Waals surface area contributed by atoms with Gasteiger partial charge in [0.1, 0.15) is 6.04 Å². The normalized spacial score (nSPS) is 14.1. The topological polar surface area (TPSA) is 38.3 Å². The van der Waals surface area contributed by atoms with E-state index in [1.165, 1.54) is 7.11 Å². The van der Waals surface area contributed by atoms with E-state index in [1.807, 2.05) is 13.0 Å². The van der Waals surface area contributed by atoms with Gasteiger partial charge in [-0.25, -0.2) is 0 Å². The molecule has 0 bridgehead atoms. The summed E-state index contributed by atoms with van der Waals surface area (Å²) in [5.74, 6) is -0.293. The first-order chi connectivity index (χ1) is 8.49. The second-order valence-electron chi connectivity index (χ2n) is 4.04. The molecular weight excluding hydrogens is 273 g/mol. The molecule has 1 rings (SSSR count). The number of halogens is 2. The Bertz CT molecular complexity index is 423. The van der Waals surface area contributed by atoms with E-state index in [0.717, 1.165) is 12.0 Å². The van der Waals surface area contributed by atoms with Crippen LogP contribution in [-0.2, 0) is 9.53 Å². The Hall–Kier alpha value is -0.770. The van der Waals surface area contributed by atoms with Gasteiger partial charge in [-0.1, -0.05) is 36.2 Å². The second-order valence-corrected chi connectivity index (χ2v) is 4.88. The minimum atomic E-state index is -0.383. The summed E-state index contributed by atoms with van der Waals surface area (Å²) in [6.07, 6.45) is 0.808. The molecule has 18 heavy (non-hydrogen) atoms. The predicted molar refractivity (Wildman–Crippen MR) is 74.1 cm³/mol. The van der Waals surface area contributed by atoms with Crippen molar-refractivity contribution < 1.29 is 9.53 Å². The molecule has 0 saturated heterocycles. The van der Waals surface area contributed by atoms with E-state index >= 15 is 0 Å². The number of methoxy groups -OCH3 is 1. The van der Waals surface area contributed by atoms with Crippen LogP contribution in [0.15, 0.2) is 18.2 Å². The third-order valence-electron chi connectivity index (χ3n) is 2.75. The average Bonchev–Trinajstić information content (AvgIpc) is 2.35. The van der Waals surface area contributed by atoms with Crippen molar-refractivity contribution in [2.24, 2.45) is 0 Å². The molecule has 3 nitrogen and oxygen atoms in total. The summed E-state index contributed by atoms with van der Waals surface area (Å²) in [4.78, 5) is 11.4. The molecule has 1 N–H and O–H groups in total. The third kappa shape index (κ3) is 3.87. The summed E-state index contributed by atoms with van der Waals surface area (Å²) in [5.41, 5.74) is 0.930. The summed E-state index contributed by atoms with van der Waals surface area (Å²) in [7, 11) is 1.37. The van der Waals surface area contributed by atoms with Crippen LogP contribution in [0.3, 0.4) is 0 Å². The fraction of sp³-hybridized carbons (Fsp3) is 0.462. The largest absolute Gasteiger partial charge is 0.468 e. The second kappa shape index (κ2) is 6.98. The van der Waals surface area contributed by atoms with Gasteiger partial charge in [0, 0.05) is 16.1 Å². The number of benzene rings is 1. The van der Waals surface area contributed by atoms with Crippen LogP contribution in [0.4, 0.5) is 0 Å². The molecule has 1 aromatic carbocycles. The monoisotopic (exact) mass is 289 g/mol. The molecule has 0 aromatic heterocycles. The zero-order chi connectivity index (χ0) is 13.7. The molecule has 0 heterocycles. The molecule has 1 aromatic rings. The van der Waals surface area contributed by atoms with Gasteiger partial charge in [0.15, 0.2) is 0 Å². The molecule has 2 unspecified atom stereocenters. The van der Waals surface area contributed by atoms with E-state index in [0.29, 0.717) is 10.0 Å². The molecule has 0 saturated carbocycles. The highest BCUT2D eigenvalue weighted by atomic mass is 35.5. The Kier molecular flexibility index (Phi) is 5.93. The number of hydrogen-bond acceptors (Lipinski definition) is 3. The maximum Gasteiger partial charge on any atom is 0.322 e. The SMILES string of the molecule is CCC(NC(C)C(=O)OC)c1ccc(Cl)cc1Cl. The molecule has 0 amide bonds. The third-order valence-corrected chi connectivity index (χ3v) is 3.31. The number of ether oxygens (including phenoxy) is 1. The highest BCUT2D eigenvalue weighted by Gasteiger charge is 2.20. The summed E-state index contributed by atoms with van der Waals surface area (Å²) in [6, 6.07) is 4.97. The standard InChI is InChI=1S/C13H17Cl2NO2/c1-4-12(16-8(2)13(17)18-3)10-6-5-9(14)7-11(10)15/h5-8,12,16H,4H2,1-3H3. The van der Waals surface area contributed by atoms with Crippen molar-refractivity contribution in [1.82, 2.24) is 5.32 Å². The maximum absolute atomic E-state index is 11.4. The van der Waals surface area contributed by atoms with Crippen LogP contribution in [0, 0.1) is 0 Å². The van der Waals surface area contributed by atoms with E-state index in [-0.39, 0.29) is 18.1 Å². The quantitative estimate of drug-likeness (QED) is 0.842. The van der Waals surface area contributed by atoms with Gasteiger partial charge < -0.3 is 4.74 Å². The summed E-state index contributed by atoms with van der Waals surface area (Å²) in [5, 5.41) is 4.38. The molecule has 0 fully saturated rings. The van der Waals surface area contributed by atoms with Crippen LogP contribution in [0.2, 0.25) is 10.0 Å². The maximum atomic E-state index is 11.4. The highest BCUT2D eigenvalue weighted by Crippen LogP contribution is 2.28. The molecule has 0 aliphatic rings. The van der Waals surface area contributed by atoms with E-state index in [2.05, 4.69) is 10.1 Å². The Balaban J connectivity index is 2.86. The Labute approximate surface area is 117 Å². The van der Waals surface area contributed by atoms with Gasteiger partial charge in [0.25, 0.3) is 0 Å². The van der Waals surface area contributed by atoms with Gasteiger partial charge in [-0.2, -0.15) is 0 Å². The van der Waals surface area contributed by atoms with Crippen LogP contribution in [0.5, 0.6) is 0 Å². The van der Waals surface area contributed by atoms with Crippen molar-refractivity contribution in [3.05, 3.63) is 33.8 Å². The number of carbonyl (C=O) groups excluding carboxylic acids is 1. The van der Waals surface area contributed by atoms with Crippen molar-refractivity contribution in [3.63, 3.8) is 0 Å². The van der Waals surface area contributed by atoms with E-state index in [1.54, 1.807) is 19.1 Å². The van der Waals surface area contributed by atoms with Crippen LogP contribution in [0.1, 0.15) is 31.9 Å². The fourth-order valence-corrected chi connectivity index (χ4v) is 2.30. The molecule has 0 aliphatic heterocycles. The molecule has 5 heteroatoms. The van der Waals surface area contributed by atoms with Crippen molar-refractivity contribution in [3.8, 4) is 0 Å². The first kappa shape index (κ1) is 15.3. The zero-order valence-corrected chi connectivity index (χ0v) is 12.2. The van der Waals surface area contributed by atoms with Crippen LogP contribution < -0.4 is 5.32 Å². The van der Waals surface area contributed by atoms with Gasteiger partial charge in [-0.15, -0.1) is 0 Å². The molecule has 100 valence electrons. The first-order valence-electron chi connectivity index (χ1n) is 5.78. The molecule has 0 radical (unpaired) electrons. The van der Waals surface area contributed by atoms with Crippen LogP contribution >= 0.6 is 23.2 Å². The molecular formula is C13H17Cl2NO2. The van der Waals surface area contributed by atoms with Crippen LogP contribution in [0.25, 0.3) is 0 Å². The van der Waals surface area contributed by atoms with Crippen molar-refractivity contribution in [2.75, 3.05) is 7.11 Å². The van der Waals surface area contributed by atoms with Gasteiger partial charge in [0.05, 0.1) is 7.11 Å². The predicted octanol–water partition coefficient (Wildman–Crippen LogP) is 3.60. The van der Waals surface area contributed by atoms with Gasteiger partial charge in [-0.3, -0.25) is 10.1 Å². The van der Waals surface area contributed by atoms with Crippen molar-refractivity contribution in [2.45, 2.75) is 32.4 Å². The lowest BCUT2D eigenvalue weighted by Crippen LogP contribution is -2.37. The summed E-state index contributed by atoms with van der Waals surface area (Å²) in [6.45, 7) is 3.78. The fourth-order valence-electron chi connectivity index (χ4n) is 1.76. The van der Waals surface area contributed by atoms with Gasteiger partial charge in [0.2, 0.25) is 0 Å². The van der Waals surface area contributed by atoms with Crippen molar-refractivity contribution >= 4 is 29.2 Å². The Morgan fingerprint density at radius 3 is 2.61 bits per heavy atom. The highest BCUT2D eigenvalue weighted by molar-refractivity contribution is 6.35. The lowest BCUT2D eigenvalue weighted by molar-refractivity contribution is -0.142. The first-order valence-corrected chi connectivity index (χ1v) is 6.54. The number of nitrogens with one attached hydrogen (secondary N) is 1. The molecule has 2 atom stereocenters. The van der Waals surface area contributed by atoms with Gasteiger partial charge in [-0.05, 0) is 31.0 Å². The average molecular weight is 290 g/mol.